The van der Waals surface area contributed by atoms with Gasteiger partial charge in [-0.1, -0.05) is 188 Å². The van der Waals surface area contributed by atoms with Gasteiger partial charge in [0.05, 0.1) is 5.41 Å². The van der Waals surface area contributed by atoms with E-state index in [9.17, 15) is 0 Å². The molecule has 0 bridgehead atoms. The Kier molecular flexibility index (Phi) is 8.66. The molecule has 322 valence electrons. The summed E-state index contributed by atoms with van der Waals surface area (Å²) in [6, 6.07) is 77.6. The number of furan rings is 1. The van der Waals surface area contributed by atoms with Crippen LogP contribution in [-0.2, 0) is 5.41 Å². The zero-order valence-electron chi connectivity index (χ0n) is 36.9. The first-order valence-electron chi connectivity index (χ1n) is 23.1. The van der Waals surface area contributed by atoms with Gasteiger partial charge in [-0.25, -0.2) is 24.9 Å². The Balaban J connectivity index is 0.934. The van der Waals surface area contributed by atoms with Gasteiger partial charge in [0.1, 0.15) is 28.3 Å². The Morgan fingerprint density at radius 1 is 0.319 bits per heavy atom. The Bertz CT molecular complexity index is 3880. The Hall–Kier alpha value is -9.33. The topological polar surface area (TPSA) is 86.8 Å². The number of hydrogen-bond acceptors (Lipinski definition) is 7. The van der Waals surface area contributed by atoms with Crippen LogP contribution in [0.1, 0.15) is 22.3 Å². The standard InChI is InChI=1S/C62H37N5O2/c1-4-16-39(17-5-1)55-57-56(46-22-10-13-25-52(46)69-57)64-58(63-55)42-30-28-38(29-31-42)43-32-34-45-47-36-44(61-66-59(40-18-6-2-7-19-40)65-60(67-61)41-20-8-3-9-21-41)33-35-48(47)62(51(45)37-43)49-23-11-14-26-53(49)68-54-27-15-12-24-50(54)62/h1-37H. The van der Waals surface area contributed by atoms with Crippen molar-refractivity contribution < 1.29 is 9.15 Å². The number of rotatable bonds is 6. The molecule has 1 aliphatic heterocycles. The fraction of sp³-hybridized carbons (Fsp3) is 0.0161. The minimum Gasteiger partial charge on any atom is -0.457 e. The molecule has 2 aliphatic rings. The van der Waals surface area contributed by atoms with Gasteiger partial charge in [-0.05, 0) is 69.8 Å². The van der Waals surface area contributed by atoms with E-state index in [-0.39, 0.29) is 0 Å². The predicted molar refractivity (Wildman–Crippen MR) is 273 cm³/mol. The molecule has 9 aromatic carbocycles. The summed E-state index contributed by atoms with van der Waals surface area (Å²) in [4.78, 5) is 25.5. The second-order valence-corrected chi connectivity index (χ2v) is 17.5. The molecule has 0 amide bonds. The monoisotopic (exact) mass is 883 g/mol. The molecule has 3 aromatic heterocycles. The maximum Gasteiger partial charge on any atom is 0.180 e. The first-order valence-corrected chi connectivity index (χ1v) is 23.1. The predicted octanol–water partition coefficient (Wildman–Crippen LogP) is 15.0. The average molecular weight is 884 g/mol. The lowest BCUT2D eigenvalue weighted by atomic mass is 9.66. The zero-order chi connectivity index (χ0) is 45.5. The van der Waals surface area contributed by atoms with E-state index in [2.05, 4.69) is 115 Å². The fourth-order valence-electron chi connectivity index (χ4n) is 10.5. The minimum atomic E-state index is -0.682. The lowest BCUT2D eigenvalue weighted by molar-refractivity contribution is 0.436. The lowest BCUT2D eigenvalue weighted by Crippen LogP contribution is -2.32. The summed E-state index contributed by atoms with van der Waals surface area (Å²) in [5.41, 5.74) is 16.0. The third kappa shape index (κ3) is 6.11. The van der Waals surface area contributed by atoms with Crippen molar-refractivity contribution in [2.24, 2.45) is 0 Å². The van der Waals surface area contributed by atoms with Gasteiger partial charge < -0.3 is 9.15 Å². The van der Waals surface area contributed by atoms with E-state index in [4.69, 9.17) is 34.1 Å². The molecular formula is C62H37N5O2. The molecule has 4 heterocycles. The molecule has 7 nitrogen and oxygen atoms in total. The first kappa shape index (κ1) is 38.9. The molecule has 0 atom stereocenters. The van der Waals surface area contributed by atoms with Crippen molar-refractivity contribution in [2.45, 2.75) is 5.41 Å². The summed E-state index contributed by atoms with van der Waals surface area (Å²) in [5, 5.41) is 0.962. The van der Waals surface area contributed by atoms with Crippen molar-refractivity contribution in [3.63, 3.8) is 0 Å². The van der Waals surface area contributed by atoms with Crippen LogP contribution in [-0.4, -0.2) is 24.9 Å². The zero-order valence-corrected chi connectivity index (χ0v) is 36.9. The Labute approximate surface area is 397 Å². The maximum absolute atomic E-state index is 6.70. The molecule has 7 heteroatoms. The lowest BCUT2D eigenvalue weighted by Gasteiger charge is -2.39. The van der Waals surface area contributed by atoms with E-state index >= 15 is 0 Å². The highest BCUT2D eigenvalue weighted by atomic mass is 16.5. The highest BCUT2D eigenvalue weighted by molar-refractivity contribution is 6.07. The number of ether oxygens (including phenoxy) is 1. The van der Waals surface area contributed by atoms with Crippen LogP contribution in [0.5, 0.6) is 11.5 Å². The van der Waals surface area contributed by atoms with E-state index in [0.29, 0.717) is 28.9 Å². The molecule has 14 rings (SSSR count). The normalized spacial score (nSPS) is 12.9. The summed E-state index contributed by atoms with van der Waals surface area (Å²) in [5.74, 6) is 4.17. The second-order valence-electron chi connectivity index (χ2n) is 17.5. The van der Waals surface area contributed by atoms with Gasteiger partial charge in [0, 0.05) is 44.3 Å². The maximum atomic E-state index is 6.70. The summed E-state index contributed by atoms with van der Waals surface area (Å²) in [7, 11) is 0. The summed E-state index contributed by atoms with van der Waals surface area (Å²) in [6.45, 7) is 0. The molecule has 1 spiro atoms. The molecule has 0 fully saturated rings. The number of fused-ring (bicyclic) bond motifs is 12. The highest BCUT2D eigenvalue weighted by Gasteiger charge is 2.51. The van der Waals surface area contributed by atoms with E-state index in [1.165, 1.54) is 11.1 Å². The second kappa shape index (κ2) is 15.4. The van der Waals surface area contributed by atoms with Crippen molar-refractivity contribution >= 4 is 22.1 Å². The fourth-order valence-corrected chi connectivity index (χ4v) is 10.5. The van der Waals surface area contributed by atoms with Gasteiger partial charge in [-0.3, -0.25) is 0 Å². The van der Waals surface area contributed by atoms with Gasteiger partial charge in [-0.15, -0.1) is 0 Å². The molecule has 0 saturated heterocycles. The third-order valence-electron chi connectivity index (χ3n) is 13.6. The SMILES string of the molecule is c1ccc(-c2nc(-c3ccccc3)nc(-c3ccc4c(c3)-c3ccc(-c5ccc(-c6nc(-c7ccccc7)c7oc8ccccc8c7n6)cc5)cc3C43c4ccccc4Oc4ccccc43)n2)cc1. The van der Waals surface area contributed by atoms with Crippen LogP contribution in [0.4, 0.5) is 0 Å². The van der Waals surface area contributed by atoms with Crippen LogP contribution in [0.3, 0.4) is 0 Å². The molecule has 0 radical (unpaired) electrons. The van der Waals surface area contributed by atoms with Gasteiger partial charge in [0.2, 0.25) is 0 Å². The Morgan fingerprint density at radius 3 is 1.49 bits per heavy atom. The average Bonchev–Trinajstić information content (AvgIpc) is 3.94. The summed E-state index contributed by atoms with van der Waals surface area (Å²) >= 11 is 0. The van der Waals surface area contributed by atoms with Gasteiger partial charge >= 0.3 is 0 Å². The molecule has 12 aromatic rings. The third-order valence-corrected chi connectivity index (χ3v) is 13.6. The van der Waals surface area contributed by atoms with Crippen LogP contribution in [0, 0.1) is 0 Å². The highest BCUT2D eigenvalue weighted by Crippen LogP contribution is 2.62. The molecular weight excluding hydrogens is 847 g/mol. The Morgan fingerprint density at radius 2 is 0.826 bits per heavy atom. The van der Waals surface area contributed by atoms with Gasteiger partial charge in [-0.2, -0.15) is 0 Å². The summed E-state index contributed by atoms with van der Waals surface area (Å²) < 4.78 is 13.1. The van der Waals surface area contributed by atoms with Crippen molar-refractivity contribution in [1.82, 2.24) is 24.9 Å². The van der Waals surface area contributed by atoms with E-state index in [1.54, 1.807) is 0 Å². The van der Waals surface area contributed by atoms with Crippen LogP contribution in [0.2, 0.25) is 0 Å². The quantitative estimate of drug-likeness (QED) is 0.164. The van der Waals surface area contributed by atoms with Gasteiger partial charge in [0.15, 0.2) is 28.9 Å². The van der Waals surface area contributed by atoms with E-state index < -0.39 is 5.41 Å². The van der Waals surface area contributed by atoms with Gasteiger partial charge in [0.25, 0.3) is 0 Å². The van der Waals surface area contributed by atoms with Crippen molar-refractivity contribution in [3.05, 3.63) is 247 Å². The van der Waals surface area contributed by atoms with Crippen LogP contribution >= 0.6 is 0 Å². The number of benzene rings is 9. The smallest absolute Gasteiger partial charge is 0.180 e. The number of para-hydroxylation sites is 3. The molecule has 0 saturated carbocycles. The molecule has 1 aliphatic carbocycles. The molecule has 69 heavy (non-hydrogen) atoms. The minimum absolute atomic E-state index is 0.609. The van der Waals surface area contributed by atoms with E-state index in [0.717, 1.165) is 94.9 Å². The van der Waals surface area contributed by atoms with Crippen LogP contribution in [0.15, 0.2) is 229 Å². The van der Waals surface area contributed by atoms with Crippen molar-refractivity contribution in [2.75, 3.05) is 0 Å². The number of aromatic nitrogens is 5. The van der Waals surface area contributed by atoms with Crippen molar-refractivity contribution in [1.29, 1.82) is 0 Å². The van der Waals surface area contributed by atoms with Crippen LogP contribution < -0.4 is 4.74 Å². The summed E-state index contributed by atoms with van der Waals surface area (Å²) in [6.07, 6.45) is 0. The largest absolute Gasteiger partial charge is 0.457 e. The number of hydrogen-bond donors (Lipinski definition) is 0. The first-order chi connectivity index (χ1) is 34.2. The van der Waals surface area contributed by atoms with E-state index in [1.807, 2.05) is 109 Å². The van der Waals surface area contributed by atoms with Crippen molar-refractivity contribution in [3.8, 4) is 90.6 Å². The molecule has 0 N–H and O–H groups in total. The van der Waals surface area contributed by atoms with Crippen LogP contribution in [0.25, 0.3) is 101 Å². The molecule has 0 unspecified atom stereocenters. The number of nitrogens with zero attached hydrogens (tertiary/aromatic N) is 5.